The van der Waals surface area contributed by atoms with Crippen LogP contribution in [0.4, 0.5) is 4.79 Å². The van der Waals surface area contributed by atoms with Crippen LogP contribution >= 0.6 is 0 Å². The molecule has 1 N–H and O–H groups in total. The molecule has 0 atom stereocenters. The maximum Gasteiger partial charge on any atom is 0.317 e. The number of aromatic nitrogens is 1. The van der Waals surface area contributed by atoms with Gasteiger partial charge in [0.15, 0.2) is 0 Å². The third-order valence-electron chi connectivity index (χ3n) is 6.17. The summed E-state index contributed by atoms with van der Waals surface area (Å²) in [6.07, 6.45) is 8.24. The number of benzene rings is 1. The second kappa shape index (κ2) is 8.36. The Morgan fingerprint density at radius 3 is 2.59 bits per heavy atom. The van der Waals surface area contributed by atoms with Crippen LogP contribution in [0.2, 0.25) is 0 Å². The lowest BCUT2D eigenvalue weighted by Gasteiger charge is -2.27. The molecule has 29 heavy (non-hydrogen) atoms. The van der Waals surface area contributed by atoms with Crippen molar-refractivity contribution in [1.82, 2.24) is 19.1 Å². The second-order valence-electron chi connectivity index (χ2n) is 8.18. The molecule has 2 heterocycles. The number of sulfonamides is 1. The monoisotopic (exact) mass is 418 g/mol. The van der Waals surface area contributed by atoms with E-state index in [1.54, 1.807) is 17.0 Å². The minimum Gasteiger partial charge on any atom is -0.351 e. The van der Waals surface area contributed by atoms with Crippen LogP contribution in [0, 0.1) is 0 Å². The van der Waals surface area contributed by atoms with E-state index < -0.39 is 10.0 Å². The van der Waals surface area contributed by atoms with Crippen molar-refractivity contribution < 1.29 is 13.2 Å². The number of urea groups is 1. The molecular formula is C21H30N4O3S. The van der Waals surface area contributed by atoms with Crippen molar-refractivity contribution in [3.8, 4) is 0 Å². The summed E-state index contributed by atoms with van der Waals surface area (Å²) in [5, 5.41) is 4.05. The van der Waals surface area contributed by atoms with E-state index in [4.69, 9.17) is 0 Å². The number of nitrogens with zero attached hydrogens (tertiary/aromatic N) is 3. The summed E-state index contributed by atoms with van der Waals surface area (Å²) in [4.78, 5) is 14.7. The van der Waals surface area contributed by atoms with Crippen molar-refractivity contribution in [1.29, 1.82) is 0 Å². The molecule has 0 radical (unpaired) electrons. The fourth-order valence-corrected chi connectivity index (χ4v) is 5.92. The number of fused-ring (bicyclic) bond motifs is 1. The van der Waals surface area contributed by atoms with Crippen molar-refractivity contribution >= 4 is 27.0 Å². The van der Waals surface area contributed by atoms with Crippen molar-refractivity contribution in [2.75, 3.05) is 26.2 Å². The van der Waals surface area contributed by atoms with E-state index in [0.717, 1.165) is 23.7 Å². The molecule has 1 aromatic carbocycles. The topological polar surface area (TPSA) is 74.7 Å². The molecule has 2 aliphatic rings. The van der Waals surface area contributed by atoms with Crippen molar-refractivity contribution in [3.05, 3.63) is 30.5 Å². The zero-order valence-corrected chi connectivity index (χ0v) is 17.8. The summed E-state index contributed by atoms with van der Waals surface area (Å²) in [5.41, 5.74) is 1.00. The maximum absolute atomic E-state index is 13.2. The number of amides is 2. The molecule has 7 nitrogen and oxygen atoms in total. The van der Waals surface area contributed by atoms with E-state index in [-0.39, 0.29) is 12.1 Å². The Morgan fingerprint density at radius 2 is 1.79 bits per heavy atom. The molecule has 158 valence electrons. The van der Waals surface area contributed by atoms with E-state index in [0.29, 0.717) is 37.5 Å². The van der Waals surface area contributed by atoms with Crippen LogP contribution in [0.15, 0.2) is 35.4 Å². The van der Waals surface area contributed by atoms with Gasteiger partial charge in [0.2, 0.25) is 10.0 Å². The average molecular weight is 419 g/mol. The first-order chi connectivity index (χ1) is 13.9. The van der Waals surface area contributed by atoms with E-state index in [2.05, 4.69) is 5.32 Å². The number of aryl methyl sites for hydroxylation is 1. The van der Waals surface area contributed by atoms with Crippen LogP contribution in [0.5, 0.6) is 0 Å². The zero-order chi connectivity index (χ0) is 20.4. The molecular weight excluding hydrogens is 388 g/mol. The normalized spacial score (nSPS) is 20.0. The van der Waals surface area contributed by atoms with Crippen LogP contribution < -0.4 is 5.32 Å². The second-order valence-corrected chi connectivity index (χ2v) is 10.1. The van der Waals surface area contributed by atoms with Crippen LogP contribution in [0.1, 0.15) is 38.5 Å². The summed E-state index contributed by atoms with van der Waals surface area (Å²) in [7, 11) is -1.64. The van der Waals surface area contributed by atoms with E-state index in [1.165, 1.54) is 23.6 Å². The quantitative estimate of drug-likeness (QED) is 0.833. The molecule has 0 unspecified atom stereocenters. The molecule has 1 saturated heterocycles. The van der Waals surface area contributed by atoms with Gasteiger partial charge in [0, 0.05) is 56.4 Å². The van der Waals surface area contributed by atoms with Gasteiger partial charge >= 0.3 is 6.03 Å². The van der Waals surface area contributed by atoms with Crippen molar-refractivity contribution in [2.24, 2.45) is 7.05 Å². The lowest BCUT2D eigenvalue weighted by Crippen LogP contribution is -2.46. The van der Waals surface area contributed by atoms with E-state index in [9.17, 15) is 13.2 Å². The van der Waals surface area contributed by atoms with Gasteiger partial charge in [-0.15, -0.1) is 0 Å². The summed E-state index contributed by atoms with van der Waals surface area (Å²) < 4.78 is 29.9. The van der Waals surface area contributed by atoms with Gasteiger partial charge in [-0.05, 0) is 43.5 Å². The molecule has 2 fully saturated rings. The fraction of sp³-hybridized carbons (Fsp3) is 0.571. The van der Waals surface area contributed by atoms with Gasteiger partial charge in [-0.1, -0.05) is 19.3 Å². The largest absolute Gasteiger partial charge is 0.351 e. The lowest BCUT2D eigenvalue weighted by molar-refractivity contribution is 0.192. The van der Waals surface area contributed by atoms with Gasteiger partial charge in [0.1, 0.15) is 0 Å². The van der Waals surface area contributed by atoms with Gasteiger partial charge in [-0.3, -0.25) is 0 Å². The summed E-state index contributed by atoms with van der Waals surface area (Å²) in [6.45, 7) is 1.77. The van der Waals surface area contributed by atoms with Crippen LogP contribution in [-0.4, -0.2) is 60.4 Å². The van der Waals surface area contributed by atoms with Crippen LogP contribution in [-0.2, 0) is 17.1 Å². The minimum atomic E-state index is -3.58. The predicted molar refractivity (Wildman–Crippen MR) is 113 cm³/mol. The Labute approximate surface area is 172 Å². The fourth-order valence-electron chi connectivity index (χ4n) is 4.42. The number of hydrogen-bond acceptors (Lipinski definition) is 3. The molecule has 2 amide bonds. The van der Waals surface area contributed by atoms with Gasteiger partial charge in [0.05, 0.1) is 4.90 Å². The minimum absolute atomic E-state index is 0.0538. The molecule has 1 aliphatic carbocycles. The third-order valence-corrected chi connectivity index (χ3v) is 8.06. The molecule has 4 rings (SSSR count). The summed E-state index contributed by atoms with van der Waals surface area (Å²) in [5.74, 6) is 0. The Bertz CT molecular complexity index is 979. The van der Waals surface area contributed by atoms with Crippen LogP contribution in [0.3, 0.4) is 0 Å². The molecule has 1 aliphatic heterocycles. The molecule has 1 saturated carbocycles. The first-order valence-electron chi connectivity index (χ1n) is 10.6. The lowest BCUT2D eigenvalue weighted by atomic mass is 9.96. The van der Waals surface area contributed by atoms with Gasteiger partial charge in [-0.2, -0.15) is 4.31 Å². The highest BCUT2D eigenvalue weighted by Gasteiger charge is 2.29. The van der Waals surface area contributed by atoms with Crippen LogP contribution in [0.25, 0.3) is 10.9 Å². The summed E-state index contributed by atoms with van der Waals surface area (Å²) in [6, 6.07) is 7.40. The van der Waals surface area contributed by atoms with Gasteiger partial charge < -0.3 is 14.8 Å². The standard InChI is InChI=1S/C21H30N4O3S/c1-23-13-10-17-16-19(8-9-20(17)23)29(27,28)25-12-5-11-24(14-15-25)21(26)22-18-6-3-2-4-7-18/h8-10,13,16,18H,2-7,11-12,14-15H2,1H3,(H,22,26). The SMILES string of the molecule is Cn1ccc2cc(S(=O)(=O)N3CCCN(C(=O)NC4CCCCC4)CC3)ccc21. The first kappa shape index (κ1) is 20.2. The van der Waals surface area contributed by atoms with Gasteiger partial charge in [-0.25, -0.2) is 13.2 Å². The number of carbonyl (C=O) groups is 1. The Morgan fingerprint density at radius 1 is 1.00 bits per heavy atom. The number of hydrogen-bond donors (Lipinski definition) is 1. The molecule has 2 aromatic rings. The molecule has 0 spiro atoms. The number of rotatable bonds is 3. The Kier molecular flexibility index (Phi) is 5.83. The molecule has 1 aromatic heterocycles. The first-order valence-corrected chi connectivity index (χ1v) is 12.0. The highest BCUT2D eigenvalue weighted by molar-refractivity contribution is 7.89. The third kappa shape index (κ3) is 4.28. The zero-order valence-electron chi connectivity index (χ0n) is 17.0. The number of nitrogens with one attached hydrogen (secondary N) is 1. The maximum atomic E-state index is 13.2. The van der Waals surface area contributed by atoms with E-state index >= 15 is 0 Å². The smallest absolute Gasteiger partial charge is 0.317 e. The molecule has 8 heteroatoms. The summed E-state index contributed by atoms with van der Waals surface area (Å²) >= 11 is 0. The predicted octanol–water partition coefficient (Wildman–Crippen LogP) is 2.92. The Hall–Kier alpha value is -2.06. The van der Waals surface area contributed by atoms with Crippen molar-refractivity contribution in [3.63, 3.8) is 0 Å². The number of carbonyl (C=O) groups excluding carboxylic acids is 1. The Balaban J connectivity index is 1.43. The van der Waals surface area contributed by atoms with Gasteiger partial charge in [0.25, 0.3) is 0 Å². The van der Waals surface area contributed by atoms with Crippen molar-refractivity contribution in [2.45, 2.75) is 49.5 Å². The highest BCUT2D eigenvalue weighted by Crippen LogP contribution is 2.23. The average Bonchev–Trinajstić information content (AvgIpc) is 2.93. The highest BCUT2D eigenvalue weighted by atomic mass is 32.2. The van der Waals surface area contributed by atoms with E-state index in [1.807, 2.05) is 29.9 Å². The molecule has 0 bridgehead atoms.